The van der Waals surface area contributed by atoms with Crippen molar-refractivity contribution in [3.8, 4) is 5.75 Å². The van der Waals surface area contributed by atoms with Gasteiger partial charge < -0.3 is 10.1 Å². The molecule has 4 rings (SSSR count). The first kappa shape index (κ1) is 21.7. The Balaban J connectivity index is 1.74. The van der Waals surface area contributed by atoms with Gasteiger partial charge in [-0.25, -0.2) is 0 Å². The third-order valence-corrected chi connectivity index (χ3v) is 5.46. The molecule has 1 heterocycles. The normalized spacial score (nSPS) is 13.7. The van der Waals surface area contributed by atoms with Gasteiger partial charge in [-0.1, -0.05) is 65.7 Å². The van der Waals surface area contributed by atoms with Crippen LogP contribution in [0.3, 0.4) is 0 Å². The molecule has 0 aliphatic carbocycles. The first-order valence-electron chi connectivity index (χ1n) is 10.4. The summed E-state index contributed by atoms with van der Waals surface area (Å²) in [6.45, 7) is 4.55. The Bertz CT molecular complexity index is 1180. The van der Waals surface area contributed by atoms with Crippen LogP contribution in [0.4, 0.5) is 5.69 Å². The molecule has 0 radical (unpaired) electrons. The summed E-state index contributed by atoms with van der Waals surface area (Å²) >= 11 is 6.04. The molecule has 5 nitrogen and oxygen atoms in total. The maximum Gasteiger partial charge on any atom is 0.278 e. The van der Waals surface area contributed by atoms with Gasteiger partial charge in [0.2, 0.25) is 0 Å². The molecule has 0 fully saturated rings. The van der Waals surface area contributed by atoms with Crippen molar-refractivity contribution in [3.63, 3.8) is 0 Å². The van der Waals surface area contributed by atoms with Gasteiger partial charge in [0, 0.05) is 5.02 Å². The van der Waals surface area contributed by atoms with Crippen molar-refractivity contribution in [3.05, 3.63) is 100 Å². The second-order valence-corrected chi connectivity index (χ2v) is 7.93. The number of carbonyl (C=O) groups is 2. The highest BCUT2D eigenvalue weighted by atomic mass is 35.5. The van der Waals surface area contributed by atoms with Crippen LogP contribution in [0.1, 0.15) is 23.6 Å². The van der Waals surface area contributed by atoms with Crippen LogP contribution in [-0.4, -0.2) is 23.3 Å². The Labute approximate surface area is 192 Å². The molecule has 1 aliphatic heterocycles. The summed E-state index contributed by atoms with van der Waals surface area (Å²) in [5.41, 5.74) is 3.76. The minimum absolute atomic E-state index is 0.188. The third-order valence-electron chi connectivity index (χ3n) is 5.21. The maximum absolute atomic E-state index is 13.4. The number of carbonyl (C=O) groups excluding carboxylic acids is 2. The molecule has 2 amide bonds. The highest BCUT2D eigenvalue weighted by Gasteiger charge is 2.39. The number of hydrogen-bond donors (Lipinski definition) is 1. The number of hydrogen-bond acceptors (Lipinski definition) is 4. The first-order chi connectivity index (χ1) is 15.5. The Morgan fingerprint density at radius 2 is 1.59 bits per heavy atom. The van der Waals surface area contributed by atoms with Crippen LogP contribution in [0.5, 0.6) is 5.75 Å². The molecular weight excluding hydrogens is 424 g/mol. The number of nitrogens with zero attached hydrogens (tertiary/aromatic N) is 1. The Morgan fingerprint density at radius 1 is 0.906 bits per heavy atom. The number of anilines is 1. The molecule has 0 aromatic heterocycles. The quantitative estimate of drug-likeness (QED) is 0.491. The van der Waals surface area contributed by atoms with E-state index in [4.69, 9.17) is 16.3 Å². The van der Waals surface area contributed by atoms with Gasteiger partial charge in [-0.15, -0.1) is 0 Å². The Hall–Kier alpha value is -3.57. The summed E-state index contributed by atoms with van der Waals surface area (Å²) in [5.74, 6) is -0.128. The van der Waals surface area contributed by atoms with Gasteiger partial charge in [-0.3, -0.25) is 14.5 Å². The molecule has 3 aromatic rings. The van der Waals surface area contributed by atoms with E-state index >= 15 is 0 Å². The van der Waals surface area contributed by atoms with Crippen molar-refractivity contribution in [1.29, 1.82) is 0 Å². The molecule has 0 spiro atoms. The van der Waals surface area contributed by atoms with Crippen molar-refractivity contribution < 1.29 is 14.3 Å². The molecule has 0 saturated heterocycles. The molecule has 3 aromatic carbocycles. The second-order valence-electron chi connectivity index (χ2n) is 7.49. The number of amides is 2. The average molecular weight is 447 g/mol. The average Bonchev–Trinajstić information content (AvgIpc) is 3.01. The predicted molar refractivity (Wildman–Crippen MR) is 126 cm³/mol. The van der Waals surface area contributed by atoms with Gasteiger partial charge in [-0.05, 0) is 49.2 Å². The van der Waals surface area contributed by atoms with Gasteiger partial charge in [0.15, 0.2) is 0 Å². The van der Waals surface area contributed by atoms with E-state index in [2.05, 4.69) is 5.32 Å². The summed E-state index contributed by atoms with van der Waals surface area (Å²) < 4.78 is 5.69. The van der Waals surface area contributed by atoms with E-state index in [0.29, 0.717) is 34.2 Å². The lowest BCUT2D eigenvalue weighted by atomic mass is 10.0. The molecule has 6 heteroatoms. The largest absolute Gasteiger partial charge is 0.492 e. The van der Waals surface area contributed by atoms with Crippen molar-refractivity contribution >= 4 is 34.7 Å². The third kappa shape index (κ3) is 4.39. The van der Waals surface area contributed by atoms with Gasteiger partial charge >= 0.3 is 0 Å². The molecular formula is C26H23ClN2O3. The van der Waals surface area contributed by atoms with Crippen LogP contribution >= 0.6 is 11.6 Å². The fraction of sp³-hybridized carbons (Fsp3) is 0.154. The van der Waals surface area contributed by atoms with Gasteiger partial charge in [0.1, 0.15) is 11.4 Å². The summed E-state index contributed by atoms with van der Waals surface area (Å²) in [4.78, 5) is 28.1. The summed E-state index contributed by atoms with van der Waals surface area (Å²) in [6, 6.07) is 22.0. The highest BCUT2D eigenvalue weighted by molar-refractivity contribution is 6.36. The molecule has 162 valence electrons. The maximum atomic E-state index is 13.4. The first-order valence-corrected chi connectivity index (χ1v) is 10.8. The molecule has 0 atom stereocenters. The molecule has 32 heavy (non-hydrogen) atoms. The van der Waals surface area contributed by atoms with Crippen molar-refractivity contribution in [2.75, 3.05) is 11.9 Å². The zero-order valence-electron chi connectivity index (χ0n) is 17.9. The summed E-state index contributed by atoms with van der Waals surface area (Å²) in [5, 5.41) is 3.73. The van der Waals surface area contributed by atoms with Crippen LogP contribution in [0, 0.1) is 6.92 Å². The molecule has 0 bridgehead atoms. The number of aryl methyl sites for hydroxylation is 1. The molecule has 1 aliphatic rings. The summed E-state index contributed by atoms with van der Waals surface area (Å²) in [7, 11) is 0. The number of benzene rings is 3. The standard InChI is InChI=1S/C26H23ClN2O3/c1-3-32-22-7-5-4-6-21(22)28-24-23(19-12-14-20(27)15-13-19)25(30)29(26(24)31)16-18-10-8-17(2)9-11-18/h4-15,28H,3,16H2,1-2H3. The van der Waals surface area contributed by atoms with Crippen LogP contribution < -0.4 is 10.1 Å². The van der Waals surface area contributed by atoms with E-state index in [-0.39, 0.29) is 24.1 Å². The molecule has 0 unspecified atom stereocenters. The van der Waals surface area contributed by atoms with E-state index < -0.39 is 0 Å². The monoisotopic (exact) mass is 446 g/mol. The number of ether oxygens (including phenoxy) is 1. The molecule has 1 N–H and O–H groups in total. The van der Waals surface area contributed by atoms with Gasteiger partial charge in [0.25, 0.3) is 11.8 Å². The fourth-order valence-electron chi connectivity index (χ4n) is 3.58. The van der Waals surface area contributed by atoms with Gasteiger partial charge in [-0.2, -0.15) is 0 Å². The van der Waals surface area contributed by atoms with Gasteiger partial charge in [0.05, 0.1) is 24.4 Å². The zero-order chi connectivity index (χ0) is 22.7. The predicted octanol–water partition coefficient (Wildman–Crippen LogP) is 5.44. The smallest absolute Gasteiger partial charge is 0.278 e. The van der Waals surface area contributed by atoms with Crippen molar-refractivity contribution in [2.24, 2.45) is 0 Å². The lowest BCUT2D eigenvalue weighted by Gasteiger charge is -2.16. The fourth-order valence-corrected chi connectivity index (χ4v) is 3.71. The van der Waals surface area contributed by atoms with Crippen LogP contribution in [0.2, 0.25) is 5.02 Å². The number of imide groups is 1. The van der Waals surface area contributed by atoms with Crippen LogP contribution in [-0.2, 0) is 16.1 Å². The number of rotatable bonds is 7. The van der Waals surface area contributed by atoms with Crippen molar-refractivity contribution in [2.45, 2.75) is 20.4 Å². The summed E-state index contributed by atoms with van der Waals surface area (Å²) in [6.07, 6.45) is 0. The van der Waals surface area contributed by atoms with Crippen molar-refractivity contribution in [1.82, 2.24) is 4.90 Å². The number of halogens is 1. The van der Waals surface area contributed by atoms with E-state index in [0.717, 1.165) is 11.1 Å². The second kappa shape index (κ2) is 9.28. The topological polar surface area (TPSA) is 58.6 Å². The zero-order valence-corrected chi connectivity index (χ0v) is 18.6. The minimum atomic E-state index is -0.383. The minimum Gasteiger partial charge on any atom is -0.492 e. The van der Waals surface area contributed by atoms with Crippen LogP contribution in [0.15, 0.2) is 78.5 Å². The number of para-hydroxylation sites is 2. The lowest BCUT2D eigenvalue weighted by Crippen LogP contribution is -2.32. The molecule has 0 saturated carbocycles. The van der Waals surface area contributed by atoms with Crippen LogP contribution in [0.25, 0.3) is 5.57 Å². The highest BCUT2D eigenvalue weighted by Crippen LogP contribution is 2.34. The Kier molecular flexibility index (Phi) is 6.28. The van der Waals surface area contributed by atoms with E-state index in [1.165, 1.54) is 4.90 Å². The number of nitrogens with one attached hydrogen (secondary N) is 1. The SMILES string of the molecule is CCOc1ccccc1NC1=C(c2ccc(Cl)cc2)C(=O)N(Cc2ccc(C)cc2)C1=O. The Morgan fingerprint density at radius 3 is 2.28 bits per heavy atom. The van der Waals surface area contributed by atoms with E-state index in [1.54, 1.807) is 24.3 Å². The van der Waals surface area contributed by atoms with E-state index in [9.17, 15) is 9.59 Å². The van der Waals surface area contributed by atoms with E-state index in [1.807, 2.05) is 62.4 Å². The lowest BCUT2D eigenvalue weighted by molar-refractivity contribution is -0.137.